The molecule has 1 aromatic heterocycles. The maximum atomic E-state index is 14.5. The second-order valence-electron chi connectivity index (χ2n) is 14.4. The van der Waals surface area contributed by atoms with Crippen LogP contribution in [0.25, 0.3) is 10.9 Å². The normalized spacial score (nSPS) is 27.1. The van der Waals surface area contributed by atoms with Crippen LogP contribution in [0.15, 0.2) is 34.8 Å². The number of aromatic nitrogens is 1. The number of nitrogens with one attached hydrogen (secondary N) is 3. The number of carbonyl (C=O) groups is 4. The summed E-state index contributed by atoms with van der Waals surface area (Å²) in [6.07, 6.45) is 9.92. The van der Waals surface area contributed by atoms with E-state index in [2.05, 4.69) is 31.5 Å². The lowest BCUT2D eigenvalue weighted by Gasteiger charge is -2.30. The number of fused-ring (bicyclic) bond motifs is 3. The van der Waals surface area contributed by atoms with Crippen molar-refractivity contribution in [2.24, 2.45) is 5.92 Å². The molecule has 1 aromatic carbocycles. The number of carbonyl (C=O) groups excluding carboxylic acids is 4. The third kappa shape index (κ3) is 9.04. The molecular weight excluding hydrogens is 786 g/mol. The highest BCUT2D eigenvalue weighted by Gasteiger charge is 2.61. The average molecular weight is 835 g/mol. The van der Waals surface area contributed by atoms with Crippen LogP contribution < -0.4 is 29.6 Å². The van der Waals surface area contributed by atoms with Crippen molar-refractivity contribution in [3.8, 4) is 17.4 Å². The minimum atomic E-state index is -3.94. The van der Waals surface area contributed by atoms with Crippen LogP contribution in [0.2, 0.25) is 0 Å². The Morgan fingerprint density at radius 2 is 1.83 bits per heavy atom. The number of rotatable bonds is 9. The summed E-state index contributed by atoms with van der Waals surface area (Å²) >= 11 is 3.57. The van der Waals surface area contributed by atoms with Crippen LogP contribution in [0.3, 0.4) is 0 Å². The minimum Gasteiger partial charge on any atom is -0.495 e. The number of nitrogens with zero attached hydrogens (tertiary/aromatic N) is 2. The molecule has 0 radical (unpaired) electrons. The molecule has 2 aliphatic carbocycles. The van der Waals surface area contributed by atoms with Crippen LogP contribution in [0, 0.1) is 5.92 Å². The predicted molar refractivity (Wildman–Crippen MR) is 202 cm³/mol. The molecule has 2 aromatic rings. The number of allylic oxidation sites excluding steroid dienone is 1. The topological polar surface area (TPSA) is 192 Å². The first-order chi connectivity index (χ1) is 25.8. The molecule has 1 unspecified atom stereocenters. The Kier molecular flexibility index (Phi) is 12.2. The quantitative estimate of drug-likeness (QED) is 0.306. The highest BCUT2D eigenvalue weighted by atomic mass is 79.9. The Balaban J connectivity index is 1.33. The number of alkyl carbamates (subject to hydrolysis) is 1. The van der Waals surface area contributed by atoms with Gasteiger partial charge in [0.05, 0.1) is 36.5 Å². The molecule has 5 atom stereocenters. The lowest BCUT2D eigenvalue weighted by atomic mass is 10.0. The Hall–Kier alpha value is -4.12. The van der Waals surface area contributed by atoms with Gasteiger partial charge in [0.15, 0.2) is 0 Å². The van der Waals surface area contributed by atoms with Gasteiger partial charge in [0.25, 0.3) is 5.91 Å². The second-order valence-corrected chi connectivity index (χ2v) is 16.9. The summed E-state index contributed by atoms with van der Waals surface area (Å²) in [4.78, 5) is 61.5. The molecule has 0 bridgehead atoms. The van der Waals surface area contributed by atoms with Crippen LogP contribution in [0.5, 0.6) is 17.4 Å². The van der Waals surface area contributed by atoms with Crippen molar-refractivity contribution in [1.82, 2.24) is 25.2 Å². The molecule has 4 aliphatic rings. The highest BCUT2D eigenvalue weighted by Crippen LogP contribution is 2.46. The molecule has 1 saturated heterocycles. The van der Waals surface area contributed by atoms with Crippen molar-refractivity contribution in [3.63, 3.8) is 0 Å². The smallest absolute Gasteiger partial charge is 0.408 e. The van der Waals surface area contributed by atoms with Crippen molar-refractivity contribution in [1.29, 1.82) is 0 Å². The Labute approximate surface area is 323 Å². The van der Waals surface area contributed by atoms with Gasteiger partial charge in [-0.3, -0.25) is 19.1 Å². The van der Waals surface area contributed by atoms with E-state index in [0.717, 1.165) is 44.8 Å². The first-order valence-corrected chi connectivity index (χ1v) is 21.3. The number of hydrogen-bond donors (Lipinski definition) is 3. The van der Waals surface area contributed by atoms with Crippen molar-refractivity contribution in [2.45, 2.75) is 107 Å². The van der Waals surface area contributed by atoms with E-state index in [1.54, 1.807) is 25.3 Å². The molecule has 294 valence electrons. The van der Waals surface area contributed by atoms with E-state index in [4.69, 9.17) is 18.9 Å². The molecule has 6 rings (SSSR count). The Morgan fingerprint density at radius 3 is 2.56 bits per heavy atom. The zero-order valence-corrected chi connectivity index (χ0v) is 33.1. The van der Waals surface area contributed by atoms with Crippen LogP contribution in [0.1, 0.15) is 77.6 Å². The molecule has 54 heavy (non-hydrogen) atoms. The molecule has 2 aliphatic heterocycles. The van der Waals surface area contributed by atoms with E-state index in [1.165, 1.54) is 4.90 Å². The highest BCUT2D eigenvalue weighted by molar-refractivity contribution is 9.10. The fourth-order valence-corrected chi connectivity index (χ4v) is 8.72. The summed E-state index contributed by atoms with van der Waals surface area (Å²) in [6, 6.07) is 3.10. The number of methoxy groups -OCH3 is 1. The third-order valence-corrected chi connectivity index (χ3v) is 11.7. The fourth-order valence-electron chi connectivity index (χ4n) is 7.60. The van der Waals surface area contributed by atoms with E-state index in [-0.39, 0.29) is 25.5 Å². The number of ether oxygens (including phenoxy) is 4. The zero-order valence-electron chi connectivity index (χ0n) is 30.7. The van der Waals surface area contributed by atoms with Gasteiger partial charge in [0, 0.05) is 23.8 Å². The van der Waals surface area contributed by atoms with Crippen molar-refractivity contribution >= 4 is 60.7 Å². The molecular formula is C37H48BrN5O10S. The fraction of sp³-hybridized carbons (Fsp3) is 0.595. The number of halogens is 1. The maximum absolute atomic E-state index is 14.5. The molecule has 3 N–H and O–H groups in total. The zero-order chi connectivity index (χ0) is 38.6. The summed E-state index contributed by atoms with van der Waals surface area (Å²) in [5.41, 5.74) is -1.000. The lowest BCUT2D eigenvalue weighted by molar-refractivity contribution is -0.141. The van der Waals surface area contributed by atoms with Gasteiger partial charge in [-0.2, -0.15) is 0 Å². The Morgan fingerprint density at radius 1 is 1.07 bits per heavy atom. The van der Waals surface area contributed by atoms with E-state index in [0.29, 0.717) is 58.6 Å². The number of hydrogen-bond acceptors (Lipinski definition) is 11. The predicted octanol–water partition coefficient (Wildman–Crippen LogP) is 4.26. The summed E-state index contributed by atoms with van der Waals surface area (Å²) in [7, 11) is -2.39. The summed E-state index contributed by atoms with van der Waals surface area (Å²) in [6.45, 7) is 2.15. The van der Waals surface area contributed by atoms with Gasteiger partial charge in [-0.05, 0) is 86.4 Å². The second kappa shape index (κ2) is 16.7. The largest absolute Gasteiger partial charge is 0.495 e. The van der Waals surface area contributed by atoms with E-state index < -0.39 is 63.5 Å². The monoisotopic (exact) mass is 833 g/mol. The number of amides is 4. The number of benzene rings is 1. The van der Waals surface area contributed by atoms with Crippen LogP contribution in [0.4, 0.5) is 4.79 Å². The molecule has 4 amide bonds. The molecule has 15 nitrogen and oxygen atoms in total. The molecule has 3 heterocycles. The number of pyridine rings is 1. The summed E-state index contributed by atoms with van der Waals surface area (Å²) in [5.74, 6) is -1.16. The van der Waals surface area contributed by atoms with Crippen LogP contribution >= 0.6 is 15.9 Å². The third-order valence-electron chi connectivity index (χ3n) is 10.4. The molecule has 0 spiro atoms. The van der Waals surface area contributed by atoms with Crippen molar-refractivity contribution in [3.05, 3.63) is 34.8 Å². The lowest BCUT2D eigenvalue weighted by Crippen LogP contribution is -2.58. The summed E-state index contributed by atoms with van der Waals surface area (Å²) in [5, 5.41) is 6.27. The van der Waals surface area contributed by atoms with Gasteiger partial charge in [-0.1, -0.05) is 25.0 Å². The van der Waals surface area contributed by atoms with Crippen LogP contribution in [-0.2, 0) is 29.1 Å². The minimum absolute atomic E-state index is 0.0241. The first-order valence-electron chi connectivity index (χ1n) is 18.6. The molecule has 2 saturated carbocycles. The Bertz CT molecular complexity index is 1900. The first kappa shape index (κ1) is 39.6. The van der Waals surface area contributed by atoms with Crippen molar-refractivity contribution in [2.75, 3.05) is 26.5 Å². The molecule has 17 heteroatoms. The van der Waals surface area contributed by atoms with Gasteiger partial charge in [0.2, 0.25) is 27.7 Å². The van der Waals surface area contributed by atoms with Gasteiger partial charge < -0.3 is 34.5 Å². The molecule has 3 fully saturated rings. The van der Waals surface area contributed by atoms with Crippen molar-refractivity contribution < 1.29 is 46.5 Å². The van der Waals surface area contributed by atoms with Gasteiger partial charge >= 0.3 is 6.09 Å². The van der Waals surface area contributed by atoms with Crippen LogP contribution in [-0.4, -0.2) is 98.5 Å². The average Bonchev–Trinajstić information content (AvgIpc) is 3.39. The summed E-state index contributed by atoms with van der Waals surface area (Å²) < 4.78 is 50.3. The standard InChI is InChI=1S/C37H48BrN5O10S/c1-4-51-30-19-29(25-16-17-28(50-2)31(38)32(25)40-30)52-24-18-27-33(44)41-37(35(46)42-54(3,48)49)20-22(37)12-8-6-5-7-9-15-26(34(45)43(27)21-24)39-36(47)53-23-13-10-11-14-23/h8,12,16-17,19,22-24,26-27H,4-7,9-11,13-15,18,20-21H2,1-3H3,(H,39,47)(H,41,44)(H,42,46)/b12-8-/t22-,24-,26+,27+,37?/m1/s1. The number of sulfonamides is 1. The maximum Gasteiger partial charge on any atom is 0.408 e. The van der Waals surface area contributed by atoms with E-state index in [1.807, 2.05) is 23.8 Å². The van der Waals surface area contributed by atoms with Gasteiger partial charge in [-0.25, -0.2) is 18.2 Å². The SMILES string of the molecule is CCOc1cc(O[C@@H]2C[C@H]3C(=O)NC4(C(=O)NS(C)(=O)=O)C[C@H]4/C=C\CCCCC[C@H](NC(=O)OC4CCCC4)C(=O)N3C2)c2ccc(OC)c(Br)c2n1. The van der Waals surface area contributed by atoms with Gasteiger partial charge in [-0.15, -0.1) is 0 Å². The van der Waals surface area contributed by atoms with E-state index >= 15 is 0 Å². The van der Waals surface area contributed by atoms with E-state index in [9.17, 15) is 27.6 Å². The van der Waals surface area contributed by atoms with Gasteiger partial charge in [0.1, 0.15) is 41.3 Å².